The molecular weight excluding hydrogens is 236 g/mol. The maximum Gasteiger partial charge on any atom is 0.304 e. The molecule has 2 aliphatic rings. The van der Waals surface area contributed by atoms with Gasteiger partial charge in [0.15, 0.2) is 0 Å². The Morgan fingerprint density at radius 3 is 2.50 bits per heavy atom. The zero-order valence-electron chi connectivity index (χ0n) is 10.5. The van der Waals surface area contributed by atoms with E-state index in [0.717, 1.165) is 25.9 Å². The molecule has 102 valence electrons. The molecule has 1 amide bonds. The van der Waals surface area contributed by atoms with Crippen molar-refractivity contribution in [2.24, 2.45) is 0 Å². The van der Waals surface area contributed by atoms with E-state index in [1.807, 2.05) is 4.90 Å². The lowest BCUT2D eigenvalue weighted by molar-refractivity contribution is -0.143. The van der Waals surface area contributed by atoms with E-state index in [4.69, 9.17) is 9.84 Å². The summed E-state index contributed by atoms with van der Waals surface area (Å²) in [5, 5.41) is 8.62. The number of aliphatic carboxylic acids is 1. The summed E-state index contributed by atoms with van der Waals surface area (Å²) in [6, 6.07) is 0. The van der Waals surface area contributed by atoms with Crippen LogP contribution in [0.2, 0.25) is 0 Å². The molecule has 1 N–H and O–H groups in total. The Bertz CT molecular complexity index is 307. The molecule has 18 heavy (non-hydrogen) atoms. The first-order valence-electron chi connectivity index (χ1n) is 6.51. The molecule has 2 rings (SSSR count). The zero-order chi connectivity index (χ0) is 13.0. The van der Waals surface area contributed by atoms with Gasteiger partial charge < -0.3 is 14.7 Å². The van der Waals surface area contributed by atoms with E-state index in [-0.39, 0.29) is 18.4 Å². The van der Waals surface area contributed by atoms with Crippen molar-refractivity contribution in [3.8, 4) is 0 Å². The smallest absolute Gasteiger partial charge is 0.304 e. The second-order valence-corrected chi connectivity index (χ2v) is 4.81. The second kappa shape index (κ2) is 6.15. The highest BCUT2D eigenvalue weighted by atomic mass is 16.5. The Balaban J connectivity index is 1.72. The summed E-state index contributed by atoms with van der Waals surface area (Å²) in [5.41, 5.74) is 0. The highest BCUT2D eigenvalue weighted by Crippen LogP contribution is 2.15. The molecule has 1 atom stereocenters. The second-order valence-electron chi connectivity index (χ2n) is 4.81. The standard InChI is InChI=1S/C12H20N2O4/c15-11(16)3-4-13-5-7-14(8-6-13)12(17)10-2-1-9-18-10/h10H,1-9H2,(H,15,16)/t10-/m0/s1. The summed E-state index contributed by atoms with van der Waals surface area (Å²) in [4.78, 5) is 26.5. The van der Waals surface area contributed by atoms with Crippen LogP contribution in [0.25, 0.3) is 0 Å². The van der Waals surface area contributed by atoms with Crippen LogP contribution in [0.3, 0.4) is 0 Å². The van der Waals surface area contributed by atoms with Gasteiger partial charge in [0.25, 0.3) is 5.91 Å². The normalized spacial score (nSPS) is 25.3. The number of piperazine rings is 1. The molecule has 0 aliphatic carbocycles. The third kappa shape index (κ3) is 3.43. The van der Waals surface area contributed by atoms with Crippen molar-refractivity contribution in [2.75, 3.05) is 39.3 Å². The predicted octanol–water partition coefficient (Wildman–Crippen LogP) is -0.216. The van der Waals surface area contributed by atoms with Gasteiger partial charge >= 0.3 is 5.97 Å². The number of carbonyl (C=O) groups excluding carboxylic acids is 1. The first-order valence-corrected chi connectivity index (χ1v) is 6.51. The lowest BCUT2D eigenvalue weighted by Gasteiger charge is -2.35. The number of carboxylic acids is 1. The monoisotopic (exact) mass is 256 g/mol. The minimum absolute atomic E-state index is 0.102. The molecule has 6 heteroatoms. The third-order valence-corrected chi connectivity index (χ3v) is 3.53. The maximum absolute atomic E-state index is 12.1. The minimum atomic E-state index is -0.770. The average Bonchev–Trinajstić information content (AvgIpc) is 2.90. The average molecular weight is 256 g/mol. The fraction of sp³-hybridized carbons (Fsp3) is 0.833. The van der Waals surface area contributed by atoms with E-state index < -0.39 is 5.97 Å². The van der Waals surface area contributed by atoms with Crippen molar-refractivity contribution in [3.63, 3.8) is 0 Å². The summed E-state index contributed by atoms with van der Waals surface area (Å²) in [6.45, 7) is 4.13. The van der Waals surface area contributed by atoms with Crippen LogP contribution in [0.15, 0.2) is 0 Å². The van der Waals surface area contributed by atoms with Crippen LogP contribution in [0.1, 0.15) is 19.3 Å². The first kappa shape index (κ1) is 13.3. The molecule has 0 aromatic carbocycles. The van der Waals surface area contributed by atoms with Gasteiger partial charge in [0.05, 0.1) is 6.42 Å². The number of ether oxygens (including phenoxy) is 1. The van der Waals surface area contributed by atoms with Crippen LogP contribution >= 0.6 is 0 Å². The van der Waals surface area contributed by atoms with Crippen LogP contribution in [0.5, 0.6) is 0 Å². The number of amides is 1. The summed E-state index contributed by atoms with van der Waals surface area (Å²) in [6.07, 6.45) is 1.72. The van der Waals surface area contributed by atoms with Gasteiger partial charge in [0.1, 0.15) is 6.10 Å². The minimum Gasteiger partial charge on any atom is -0.481 e. The Morgan fingerprint density at radius 1 is 1.22 bits per heavy atom. The van der Waals surface area contributed by atoms with E-state index in [9.17, 15) is 9.59 Å². The molecule has 6 nitrogen and oxygen atoms in total. The van der Waals surface area contributed by atoms with Gasteiger partial charge in [-0.3, -0.25) is 14.5 Å². The number of nitrogens with zero attached hydrogens (tertiary/aromatic N) is 2. The number of rotatable bonds is 4. The van der Waals surface area contributed by atoms with Gasteiger partial charge in [-0.25, -0.2) is 0 Å². The predicted molar refractivity (Wildman–Crippen MR) is 64.2 cm³/mol. The molecule has 0 spiro atoms. The van der Waals surface area contributed by atoms with Gasteiger partial charge in [0, 0.05) is 39.3 Å². The maximum atomic E-state index is 12.1. The molecule has 0 unspecified atom stereocenters. The summed E-state index contributed by atoms with van der Waals surface area (Å²) in [5.74, 6) is -0.668. The van der Waals surface area contributed by atoms with Crippen LogP contribution in [0.4, 0.5) is 0 Å². The van der Waals surface area contributed by atoms with E-state index in [2.05, 4.69) is 4.90 Å². The Morgan fingerprint density at radius 2 is 1.94 bits per heavy atom. The largest absolute Gasteiger partial charge is 0.481 e. The van der Waals surface area contributed by atoms with Gasteiger partial charge in [-0.2, -0.15) is 0 Å². The van der Waals surface area contributed by atoms with Crippen LogP contribution in [-0.4, -0.2) is 72.2 Å². The Labute approximate surface area is 106 Å². The number of hydrogen-bond donors (Lipinski definition) is 1. The molecule has 0 aromatic heterocycles. The van der Waals surface area contributed by atoms with Crippen LogP contribution in [0, 0.1) is 0 Å². The zero-order valence-corrected chi connectivity index (χ0v) is 10.5. The summed E-state index contributed by atoms with van der Waals surface area (Å²) in [7, 11) is 0. The third-order valence-electron chi connectivity index (χ3n) is 3.53. The fourth-order valence-corrected chi connectivity index (χ4v) is 2.42. The lowest BCUT2D eigenvalue weighted by Crippen LogP contribution is -2.51. The van der Waals surface area contributed by atoms with E-state index >= 15 is 0 Å². The van der Waals surface area contributed by atoms with Gasteiger partial charge in [0.2, 0.25) is 0 Å². The molecule has 0 aromatic rings. The SMILES string of the molecule is O=C(O)CCN1CCN(C(=O)[C@@H]2CCCO2)CC1. The van der Waals surface area contributed by atoms with E-state index in [1.54, 1.807) is 0 Å². The fourth-order valence-electron chi connectivity index (χ4n) is 2.42. The van der Waals surface area contributed by atoms with Crippen molar-refractivity contribution in [1.82, 2.24) is 9.80 Å². The number of carboxylic acid groups (broad SMARTS) is 1. The van der Waals surface area contributed by atoms with Crippen LogP contribution in [-0.2, 0) is 14.3 Å². The van der Waals surface area contributed by atoms with Crippen molar-refractivity contribution in [1.29, 1.82) is 0 Å². The van der Waals surface area contributed by atoms with Crippen molar-refractivity contribution < 1.29 is 19.4 Å². The van der Waals surface area contributed by atoms with Gasteiger partial charge in [-0.1, -0.05) is 0 Å². The first-order chi connectivity index (χ1) is 8.66. The molecule has 0 radical (unpaired) electrons. The number of hydrogen-bond acceptors (Lipinski definition) is 4. The lowest BCUT2D eigenvalue weighted by atomic mass is 10.2. The molecule has 2 aliphatic heterocycles. The van der Waals surface area contributed by atoms with E-state index in [1.165, 1.54) is 0 Å². The van der Waals surface area contributed by atoms with Crippen LogP contribution < -0.4 is 0 Å². The molecule has 2 heterocycles. The van der Waals surface area contributed by atoms with Gasteiger partial charge in [-0.15, -0.1) is 0 Å². The Kier molecular flexibility index (Phi) is 4.54. The van der Waals surface area contributed by atoms with Crippen molar-refractivity contribution in [3.05, 3.63) is 0 Å². The molecule has 0 saturated carbocycles. The molecule has 2 fully saturated rings. The molecular formula is C12H20N2O4. The molecule has 2 saturated heterocycles. The quantitative estimate of drug-likeness (QED) is 0.753. The van der Waals surface area contributed by atoms with Gasteiger partial charge in [-0.05, 0) is 12.8 Å². The summed E-state index contributed by atoms with van der Waals surface area (Å²) < 4.78 is 5.39. The van der Waals surface area contributed by atoms with Crippen molar-refractivity contribution >= 4 is 11.9 Å². The number of carbonyl (C=O) groups is 2. The highest BCUT2D eigenvalue weighted by molar-refractivity contribution is 5.81. The van der Waals surface area contributed by atoms with Crippen molar-refractivity contribution in [2.45, 2.75) is 25.4 Å². The Hall–Kier alpha value is -1.14. The molecule has 0 bridgehead atoms. The summed E-state index contributed by atoms with van der Waals surface area (Å²) >= 11 is 0. The highest BCUT2D eigenvalue weighted by Gasteiger charge is 2.30. The van der Waals surface area contributed by atoms with E-state index in [0.29, 0.717) is 26.2 Å². The topological polar surface area (TPSA) is 70.1 Å².